The lowest BCUT2D eigenvalue weighted by molar-refractivity contribution is -0.139. The SMILES string of the molecule is CC[C@H](c1ccccc1)N(CC(=O)O)C1CC1. The summed E-state index contributed by atoms with van der Waals surface area (Å²) in [4.78, 5) is 13.1. The van der Waals surface area contributed by atoms with Crippen molar-refractivity contribution in [1.82, 2.24) is 4.90 Å². The van der Waals surface area contributed by atoms with Crippen LogP contribution in [-0.4, -0.2) is 28.6 Å². The molecule has 1 aliphatic carbocycles. The van der Waals surface area contributed by atoms with Crippen LogP contribution in [-0.2, 0) is 4.79 Å². The summed E-state index contributed by atoms with van der Waals surface area (Å²) in [6.07, 6.45) is 3.22. The summed E-state index contributed by atoms with van der Waals surface area (Å²) in [6, 6.07) is 10.9. The average Bonchev–Trinajstić information content (AvgIpc) is 3.13. The van der Waals surface area contributed by atoms with E-state index in [0.717, 1.165) is 19.3 Å². The minimum Gasteiger partial charge on any atom is -0.480 e. The summed E-state index contributed by atoms with van der Waals surface area (Å²) in [5.41, 5.74) is 1.23. The first-order valence-corrected chi connectivity index (χ1v) is 6.25. The van der Waals surface area contributed by atoms with Crippen molar-refractivity contribution in [3.05, 3.63) is 35.9 Å². The van der Waals surface area contributed by atoms with Crippen LogP contribution in [0, 0.1) is 0 Å². The van der Waals surface area contributed by atoms with Crippen molar-refractivity contribution in [2.24, 2.45) is 0 Å². The second-order valence-electron chi connectivity index (χ2n) is 4.63. The molecule has 0 radical (unpaired) electrons. The fraction of sp³-hybridized carbons (Fsp3) is 0.500. The van der Waals surface area contributed by atoms with Crippen LogP contribution >= 0.6 is 0 Å². The normalized spacial score (nSPS) is 17.1. The highest BCUT2D eigenvalue weighted by atomic mass is 16.4. The number of carbonyl (C=O) groups is 1. The molecule has 1 saturated carbocycles. The van der Waals surface area contributed by atoms with Gasteiger partial charge in [0.25, 0.3) is 0 Å². The second-order valence-corrected chi connectivity index (χ2v) is 4.63. The molecule has 2 rings (SSSR count). The summed E-state index contributed by atoms with van der Waals surface area (Å²) in [5.74, 6) is -0.730. The maximum absolute atomic E-state index is 11.0. The maximum Gasteiger partial charge on any atom is 0.317 e. The van der Waals surface area contributed by atoms with Gasteiger partial charge in [-0.3, -0.25) is 9.69 Å². The van der Waals surface area contributed by atoms with Gasteiger partial charge < -0.3 is 5.11 Å². The molecule has 1 aromatic carbocycles. The third kappa shape index (κ3) is 3.07. The quantitative estimate of drug-likeness (QED) is 0.821. The molecular weight excluding hydrogens is 214 g/mol. The topological polar surface area (TPSA) is 40.5 Å². The van der Waals surface area contributed by atoms with Gasteiger partial charge in [-0.05, 0) is 24.8 Å². The molecular formula is C14H19NO2. The Bertz CT molecular complexity index is 373. The fourth-order valence-corrected chi connectivity index (χ4v) is 2.39. The molecule has 1 N–H and O–H groups in total. The number of nitrogens with zero attached hydrogens (tertiary/aromatic N) is 1. The van der Waals surface area contributed by atoms with E-state index in [1.165, 1.54) is 5.56 Å². The van der Waals surface area contributed by atoms with Crippen LogP contribution in [0.25, 0.3) is 0 Å². The van der Waals surface area contributed by atoms with Crippen LogP contribution in [0.15, 0.2) is 30.3 Å². The van der Waals surface area contributed by atoms with Gasteiger partial charge in [-0.1, -0.05) is 37.3 Å². The third-order valence-electron chi connectivity index (χ3n) is 3.31. The highest BCUT2D eigenvalue weighted by Crippen LogP contribution is 2.35. The minimum atomic E-state index is -0.730. The van der Waals surface area contributed by atoms with Crippen LogP contribution in [0.4, 0.5) is 0 Å². The molecule has 0 bridgehead atoms. The second kappa shape index (κ2) is 5.32. The number of hydrogen-bond donors (Lipinski definition) is 1. The van der Waals surface area contributed by atoms with Gasteiger partial charge in [-0.15, -0.1) is 0 Å². The average molecular weight is 233 g/mol. The lowest BCUT2D eigenvalue weighted by Crippen LogP contribution is -2.35. The van der Waals surface area contributed by atoms with Gasteiger partial charge in [0, 0.05) is 12.1 Å². The Hall–Kier alpha value is -1.35. The van der Waals surface area contributed by atoms with E-state index in [0.29, 0.717) is 6.04 Å². The number of carboxylic acids is 1. The summed E-state index contributed by atoms with van der Waals surface area (Å²) < 4.78 is 0. The standard InChI is InChI=1S/C14H19NO2/c1-2-13(11-6-4-3-5-7-11)15(10-14(16)17)12-8-9-12/h3-7,12-13H,2,8-10H2,1H3,(H,16,17)/t13-/m1/s1. The Morgan fingerprint density at radius 2 is 2.06 bits per heavy atom. The van der Waals surface area contributed by atoms with Gasteiger partial charge in [0.05, 0.1) is 6.54 Å². The van der Waals surface area contributed by atoms with E-state index < -0.39 is 5.97 Å². The molecule has 0 unspecified atom stereocenters. The smallest absolute Gasteiger partial charge is 0.317 e. The molecule has 92 valence electrons. The number of carboxylic acid groups (broad SMARTS) is 1. The van der Waals surface area contributed by atoms with E-state index in [1.807, 2.05) is 18.2 Å². The zero-order valence-corrected chi connectivity index (χ0v) is 10.2. The van der Waals surface area contributed by atoms with E-state index in [1.54, 1.807) is 0 Å². The summed E-state index contributed by atoms with van der Waals surface area (Å²) >= 11 is 0. The Morgan fingerprint density at radius 1 is 1.41 bits per heavy atom. The Kier molecular flexibility index (Phi) is 3.79. The summed E-state index contributed by atoms with van der Waals surface area (Å²) in [5, 5.41) is 9.01. The largest absolute Gasteiger partial charge is 0.480 e. The van der Waals surface area contributed by atoms with Crippen LogP contribution in [0.3, 0.4) is 0 Å². The highest BCUT2D eigenvalue weighted by Gasteiger charge is 2.34. The van der Waals surface area contributed by atoms with E-state index in [9.17, 15) is 4.79 Å². The van der Waals surface area contributed by atoms with Crippen LogP contribution in [0.5, 0.6) is 0 Å². The van der Waals surface area contributed by atoms with Crippen molar-refractivity contribution in [1.29, 1.82) is 0 Å². The van der Waals surface area contributed by atoms with Gasteiger partial charge >= 0.3 is 5.97 Å². The van der Waals surface area contributed by atoms with Crippen LogP contribution in [0.1, 0.15) is 37.8 Å². The van der Waals surface area contributed by atoms with Crippen molar-refractivity contribution in [3.8, 4) is 0 Å². The van der Waals surface area contributed by atoms with E-state index in [2.05, 4.69) is 24.0 Å². The van der Waals surface area contributed by atoms with Crippen molar-refractivity contribution in [3.63, 3.8) is 0 Å². The predicted octanol–water partition coefficient (Wildman–Crippen LogP) is 2.69. The Morgan fingerprint density at radius 3 is 2.53 bits per heavy atom. The Balaban J connectivity index is 2.17. The van der Waals surface area contributed by atoms with E-state index >= 15 is 0 Å². The molecule has 0 heterocycles. The molecule has 1 atom stereocenters. The first kappa shape index (κ1) is 12.1. The number of benzene rings is 1. The van der Waals surface area contributed by atoms with E-state index in [4.69, 9.17) is 5.11 Å². The maximum atomic E-state index is 11.0. The predicted molar refractivity (Wildman–Crippen MR) is 66.8 cm³/mol. The molecule has 17 heavy (non-hydrogen) atoms. The highest BCUT2D eigenvalue weighted by molar-refractivity contribution is 5.69. The number of rotatable bonds is 6. The van der Waals surface area contributed by atoms with Gasteiger partial charge in [-0.25, -0.2) is 0 Å². The van der Waals surface area contributed by atoms with Gasteiger partial charge in [0.1, 0.15) is 0 Å². The molecule has 0 amide bonds. The zero-order valence-electron chi connectivity index (χ0n) is 10.2. The van der Waals surface area contributed by atoms with Crippen LogP contribution in [0.2, 0.25) is 0 Å². The molecule has 1 aliphatic rings. The lowest BCUT2D eigenvalue weighted by atomic mass is 10.0. The molecule has 0 spiro atoms. The molecule has 1 fully saturated rings. The molecule has 3 heteroatoms. The fourth-order valence-electron chi connectivity index (χ4n) is 2.39. The molecule has 3 nitrogen and oxygen atoms in total. The number of hydrogen-bond acceptors (Lipinski definition) is 2. The summed E-state index contributed by atoms with van der Waals surface area (Å²) in [7, 11) is 0. The number of aliphatic carboxylic acids is 1. The van der Waals surface area contributed by atoms with Crippen molar-refractivity contribution in [2.45, 2.75) is 38.3 Å². The lowest BCUT2D eigenvalue weighted by Gasteiger charge is -2.30. The minimum absolute atomic E-state index is 0.151. The molecule has 0 aliphatic heterocycles. The summed E-state index contributed by atoms with van der Waals surface area (Å²) in [6.45, 7) is 2.27. The van der Waals surface area contributed by atoms with Gasteiger partial charge in [0.15, 0.2) is 0 Å². The molecule has 0 aromatic heterocycles. The zero-order chi connectivity index (χ0) is 12.3. The van der Waals surface area contributed by atoms with Crippen molar-refractivity contribution in [2.75, 3.05) is 6.54 Å². The third-order valence-corrected chi connectivity index (χ3v) is 3.31. The van der Waals surface area contributed by atoms with Crippen molar-refractivity contribution >= 4 is 5.97 Å². The Labute approximate surface area is 102 Å². The van der Waals surface area contributed by atoms with Gasteiger partial charge in [-0.2, -0.15) is 0 Å². The van der Waals surface area contributed by atoms with E-state index in [-0.39, 0.29) is 12.6 Å². The molecule has 1 aromatic rings. The van der Waals surface area contributed by atoms with Gasteiger partial charge in [0.2, 0.25) is 0 Å². The van der Waals surface area contributed by atoms with Crippen LogP contribution < -0.4 is 0 Å². The molecule has 0 saturated heterocycles. The monoisotopic (exact) mass is 233 g/mol. The van der Waals surface area contributed by atoms with Crippen molar-refractivity contribution < 1.29 is 9.90 Å². The first-order chi connectivity index (χ1) is 8.22. The first-order valence-electron chi connectivity index (χ1n) is 6.25.